The van der Waals surface area contributed by atoms with Crippen LogP contribution in [-0.4, -0.2) is 37.2 Å². The summed E-state index contributed by atoms with van der Waals surface area (Å²) in [5, 5.41) is 17.9. The molecule has 0 spiro atoms. The zero-order chi connectivity index (χ0) is 20.2. The lowest BCUT2D eigenvalue weighted by atomic mass is 10.1. The molecular formula is C21H26N4O3. The minimum absolute atomic E-state index is 0.0106. The van der Waals surface area contributed by atoms with Crippen molar-refractivity contribution >= 4 is 29.3 Å². The molecule has 0 unspecified atom stereocenters. The molecule has 0 radical (unpaired) electrons. The number of benzene rings is 2. The molecule has 28 heavy (non-hydrogen) atoms. The predicted octanol–water partition coefficient (Wildman–Crippen LogP) is 2.41. The number of hydrogen-bond donors (Lipinski definition) is 5. The first-order chi connectivity index (χ1) is 13.6. The molecule has 2 aromatic rings. The Morgan fingerprint density at radius 1 is 1.04 bits per heavy atom. The molecule has 0 heterocycles. The molecule has 0 aliphatic rings. The van der Waals surface area contributed by atoms with E-state index in [4.69, 9.17) is 5.21 Å². The number of rotatable bonds is 10. The van der Waals surface area contributed by atoms with Crippen molar-refractivity contribution in [3.63, 3.8) is 0 Å². The van der Waals surface area contributed by atoms with E-state index in [1.807, 2.05) is 55.6 Å². The number of hydroxylamine groups is 1. The maximum Gasteiger partial charge on any atom is 0.267 e. The zero-order valence-corrected chi connectivity index (χ0v) is 15.9. The zero-order valence-electron chi connectivity index (χ0n) is 15.9. The number of carbonyl (C=O) groups excluding carboxylic acids is 2. The van der Waals surface area contributed by atoms with Crippen molar-refractivity contribution in [2.24, 2.45) is 0 Å². The van der Waals surface area contributed by atoms with Gasteiger partial charge in [0.05, 0.1) is 17.8 Å². The van der Waals surface area contributed by atoms with Gasteiger partial charge in [-0.15, -0.1) is 0 Å². The summed E-state index contributed by atoms with van der Waals surface area (Å²) >= 11 is 0. The molecule has 0 bridgehead atoms. The lowest BCUT2D eigenvalue weighted by Crippen LogP contribution is -2.27. The van der Waals surface area contributed by atoms with Gasteiger partial charge in [0, 0.05) is 26.2 Å². The van der Waals surface area contributed by atoms with Crippen LogP contribution >= 0.6 is 0 Å². The molecule has 0 aromatic heterocycles. The van der Waals surface area contributed by atoms with Gasteiger partial charge in [-0.3, -0.25) is 14.8 Å². The molecule has 7 heteroatoms. The predicted molar refractivity (Wildman–Crippen MR) is 111 cm³/mol. The van der Waals surface area contributed by atoms with E-state index in [-0.39, 0.29) is 5.91 Å². The average Bonchev–Trinajstić information content (AvgIpc) is 2.72. The highest BCUT2D eigenvalue weighted by Gasteiger charge is 2.04. The van der Waals surface area contributed by atoms with Crippen LogP contribution < -0.4 is 21.4 Å². The molecule has 148 valence electrons. The number of anilines is 2. The number of carbonyl (C=O) groups is 2. The van der Waals surface area contributed by atoms with E-state index in [1.165, 1.54) is 6.08 Å². The normalized spacial score (nSPS) is 10.5. The molecule has 0 atom stereocenters. The van der Waals surface area contributed by atoms with Crippen LogP contribution in [0.5, 0.6) is 0 Å². The molecule has 0 saturated heterocycles. The second kappa shape index (κ2) is 11.4. The minimum atomic E-state index is -0.585. The monoisotopic (exact) mass is 382 g/mol. The van der Waals surface area contributed by atoms with Gasteiger partial charge in [0.1, 0.15) is 0 Å². The SMILES string of the molecule is CNc1ccc(/C=C/C(=O)NO)cc1NCCCNC(=O)Cc1ccccc1. The van der Waals surface area contributed by atoms with Crippen molar-refractivity contribution in [3.8, 4) is 0 Å². The Bertz CT molecular complexity index is 807. The third kappa shape index (κ3) is 7.13. The molecule has 0 aliphatic heterocycles. The molecular weight excluding hydrogens is 356 g/mol. The molecule has 2 amide bonds. The molecule has 0 saturated carbocycles. The van der Waals surface area contributed by atoms with Crippen molar-refractivity contribution < 1.29 is 14.8 Å². The molecule has 2 aromatic carbocycles. The van der Waals surface area contributed by atoms with Gasteiger partial charge in [0.25, 0.3) is 5.91 Å². The van der Waals surface area contributed by atoms with Gasteiger partial charge in [0.15, 0.2) is 0 Å². The summed E-state index contributed by atoms with van der Waals surface area (Å²) < 4.78 is 0. The van der Waals surface area contributed by atoms with Gasteiger partial charge in [-0.05, 0) is 35.8 Å². The third-order valence-electron chi connectivity index (χ3n) is 4.05. The molecule has 0 aliphatic carbocycles. The fourth-order valence-corrected chi connectivity index (χ4v) is 2.62. The minimum Gasteiger partial charge on any atom is -0.386 e. The fraction of sp³-hybridized carbons (Fsp3) is 0.238. The van der Waals surface area contributed by atoms with Crippen LogP contribution in [0.4, 0.5) is 11.4 Å². The first-order valence-electron chi connectivity index (χ1n) is 9.11. The van der Waals surface area contributed by atoms with Crippen LogP contribution in [0.2, 0.25) is 0 Å². The summed E-state index contributed by atoms with van der Waals surface area (Å²) in [5.41, 5.74) is 5.20. The topological polar surface area (TPSA) is 102 Å². The Morgan fingerprint density at radius 3 is 2.54 bits per heavy atom. The summed E-state index contributed by atoms with van der Waals surface area (Å²) in [4.78, 5) is 23.0. The lowest BCUT2D eigenvalue weighted by Gasteiger charge is -2.13. The first-order valence-corrected chi connectivity index (χ1v) is 9.11. The van der Waals surface area contributed by atoms with Crippen LogP contribution in [0.25, 0.3) is 6.08 Å². The Kier molecular flexibility index (Phi) is 8.55. The first kappa shape index (κ1) is 21.0. The molecule has 2 rings (SSSR count). The largest absolute Gasteiger partial charge is 0.386 e. The standard InChI is InChI=1S/C21H26N4O3/c1-22-18-10-8-17(9-11-20(26)25-28)14-19(18)23-12-5-13-24-21(27)15-16-6-3-2-4-7-16/h2-4,6-11,14,22-23,28H,5,12-13,15H2,1H3,(H,24,27)(H,25,26)/b11-9+. The third-order valence-corrected chi connectivity index (χ3v) is 4.05. The Hall–Kier alpha value is -3.32. The molecule has 7 nitrogen and oxygen atoms in total. The number of hydrogen-bond acceptors (Lipinski definition) is 5. The Labute approximate surface area is 164 Å². The van der Waals surface area contributed by atoms with E-state index in [2.05, 4.69) is 16.0 Å². The van der Waals surface area contributed by atoms with E-state index in [1.54, 1.807) is 11.6 Å². The Morgan fingerprint density at radius 2 is 1.82 bits per heavy atom. The number of amides is 2. The average molecular weight is 382 g/mol. The summed E-state index contributed by atoms with van der Waals surface area (Å²) in [7, 11) is 1.83. The maximum atomic E-state index is 11.9. The van der Waals surface area contributed by atoms with Gasteiger partial charge >= 0.3 is 0 Å². The van der Waals surface area contributed by atoms with Crippen molar-refractivity contribution in [1.29, 1.82) is 0 Å². The van der Waals surface area contributed by atoms with E-state index in [9.17, 15) is 9.59 Å². The van der Waals surface area contributed by atoms with Gasteiger partial charge in [-0.1, -0.05) is 36.4 Å². The maximum absolute atomic E-state index is 11.9. The second-order valence-electron chi connectivity index (χ2n) is 6.16. The summed E-state index contributed by atoms with van der Waals surface area (Å²) in [6.45, 7) is 1.27. The van der Waals surface area contributed by atoms with Crippen molar-refractivity contribution in [3.05, 3.63) is 65.7 Å². The van der Waals surface area contributed by atoms with E-state index in [0.717, 1.165) is 28.9 Å². The lowest BCUT2D eigenvalue weighted by molar-refractivity contribution is -0.124. The van der Waals surface area contributed by atoms with Crippen LogP contribution in [0.3, 0.4) is 0 Å². The highest BCUT2D eigenvalue weighted by atomic mass is 16.5. The fourth-order valence-electron chi connectivity index (χ4n) is 2.62. The summed E-state index contributed by atoms with van der Waals surface area (Å²) in [6, 6.07) is 15.3. The second-order valence-corrected chi connectivity index (χ2v) is 6.16. The van der Waals surface area contributed by atoms with Crippen molar-refractivity contribution in [1.82, 2.24) is 10.8 Å². The quantitative estimate of drug-likeness (QED) is 0.188. The smallest absolute Gasteiger partial charge is 0.267 e. The molecule has 5 N–H and O–H groups in total. The Balaban J connectivity index is 1.79. The van der Waals surface area contributed by atoms with Crippen LogP contribution in [0.15, 0.2) is 54.6 Å². The summed E-state index contributed by atoms with van der Waals surface area (Å²) in [5.74, 6) is -0.574. The summed E-state index contributed by atoms with van der Waals surface area (Å²) in [6.07, 6.45) is 4.02. The van der Waals surface area contributed by atoms with Gasteiger partial charge in [-0.25, -0.2) is 5.48 Å². The van der Waals surface area contributed by atoms with E-state index in [0.29, 0.717) is 19.5 Å². The van der Waals surface area contributed by atoms with Gasteiger partial charge < -0.3 is 16.0 Å². The highest BCUT2D eigenvalue weighted by Crippen LogP contribution is 2.23. The van der Waals surface area contributed by atoms with Crippen LogP contribution in [0, 0.1) is 0 Å². The van der Waals surface area contributed by atoms with Crippen LogP contribution in [-0.2, 0) is 16.0 Å². The van der Waals surface area contributed by atoms with Gasteiger partial charge in [-0.2, -0.15) is 0 Å². The molecule has 0 fully saturated rings. The van der Waals surface area contributed by atoms with E-state index < -0.39 is 5.91 Å². The van der Waals surface area contributed by atoms with Crippen molar-refractivity contribution in [2.45, 2.75) is 12.8 Å². The van der Waals surface area contributed by atoms with Crippen molar-refractivity contribution in [2.75, 3.05) is 30.8 Å². The van der Waals surface area contributed by atoms with Gasteiger partial charge in [0.2, 0.25) is 5.91 Å². The van der Waals surface area contributed by atoms with Crippen LogP contribution in [0.1, 0.15) is 17.5 Å². The highest BCUT2D eigenvalue weighted by molar-refractivity contribution is 5.91. The number of nitrogens with one attached hydrogen (secondary N) is 4. The van der Waals surface area contributed by atoms with E-state index >= 15 is 0 Å².